The Balaban J connectivity index is 0.706. The maximum absolute atomic E-state index is 13.3. The minimum atomic E-state index is -1.06. The van der Waals surface area contributed by atoms with Crippen LogP contribution in [0.5, 0.6) is 0 Å². The lowest BCUT2D eigenvalue weighted by Gasteiger charge is -2.13. The molecular weight excluding hydrogens is 1150 g/mol. The van der Waals surface area contributed by atoms with Crippen LogP contribution < -0.4 is 70.0 Å². The van der Waals surface area contributed by atoms with Gasteiger partial charge in [-0.05, 0) is 49.2 Å². The number of hydrogen-bond acceptors (Lipinski definition) is 14. The molecule has 470 valence electrons. The zero-order valence-corrected chi connectivity index (χ0v) is 50.1. The topological polar surface area (TPSA) is 420 Å². The number of aryl methyl sites for hydroxylation is 7. The fraction of sp³-hybridized carbons (Fsp3) is 0.333. The molecule has 8 heterocycles. The third-order valence-electron chi connectivity index (χ3n) is 14.6. The Hall–Kier alpha value is -11.0. The third-order valence-corrected chi connectivity index (χ3v) is 14.6. The monoisotopic (exact) mass is 1230 g/mol. The third kappa shape index (κ3) is 15.9. The smallest absolute Gasteiger partial charge is 0.291 e. The molecule has 7 aromatic rings. The second kappa shape index (κ2) is 27.6. The fourth-order valence-electron chi connectivity index (χ4n) is 9.78. The van der Waals surface area contributed by atoms with Crippen LogP contribution >= 0.6 is 0 Å². The zero-order chi connectivity index (χ0) is 64.5. The van der Waals surface area contributed by atoms with Crippen LogP contribution in [-0.2, 0) is 68.5 Å². The maximum Gasteiger partial charge on any atom is 0.291 e. The van der Waals surface area contributed by atoms with Gasteiger partial charge in [0.25, 0.3) is 41.4 Å². The Morgan fingerprint density at radius 3 is 1.42 bits per heavy atom. The molecule has 1 saturated heterocycles. The summed E-state index contributed by atoms with van der Waals surface area (Å²) in [5.74, 6) is -5.83. The first kappa shape index (κ1) is 64.0. The summed E-state index contributed by atoms with van der Waals surface area (Å²) in [4.78, 5) is 146. The van der Waals surface area contributed by atoms with E-state index in [9.17, 15) is 52.7 Å². The van der Waals surface area contributed by atoms with Crippen molar-refractivity contribution in [2.24, 2.45) is 66.7 Å². The lowest BCUT2D eigenvalue weighted by atomic mass is 10.1. The highest BCUT2D eigenvalue weighted by molar-refractivity contribution is 6.08. The molecule has 8 rings (SSSR count). The summed E-state index contributed by atoms with van der Waals surface area (Å²) in [6, 6.07) is 6.78. The summed E-state index contributed by atoms with van der Waals surface area (Å²) in [7, 11) is 11.4. The van der Waals surface area contributed by atoms with E-state index < -0.39 is 71.2 Å². The number of hydrogen-bond donors (Lipinski definition) is 13. The predicted molar refractivity (Wildman–Crippen MR) is 326 cm³/mol. The second-order valence-corrected chi connectivity index (χ2v) is 21.6. The van der Waals surface area contributed by atoms with E-state index in [2.05, 4.69) is 63.5 Å². The van der Waals surface area contributed by atoms with Gasteiger partial charge in [0.05, 0.1) is 52.1 Å². The van der Waals surface area contributed by atoms with Crippen LogP contribution in [0.1, 0.15) is 99.7 Å². The molecule has 0 spiro atoms. The van der Waals surface area contributed by atoms with Crippen molar-refractivity contribution >= 4 is 99.1 Å². The van der Waals surface area contributed by atoms with Crippen molar-refractivity contribution in [1.82, 2.24) is 63.5 Å². The number of imidazole rings is 1. The number of primary amides is 1. The van der Waals surface area contributed by atoms with E-state index in [4.69, 9.17) is 11.5 Å². The molecule has 1 aliphatic rings. The maximum atomic E-state index is 13.3. The van der Waals surface area contributed by atoms with Gasteiger partial charge in [0, 0.05) is 138 Å². The van der Waals surface area contributed by atoms with Gasteiger partial charge in [-0.15, -0.1) is 0 Å². The van der Waals surface area contributed by atoms with Gasteiger partial charge in [0.2, 0.25) is 23.6 Å². The minimum absolute atomic E-state index is 0.0152. The first-order valence-corrected chi connectivity index (χ1v) is 28.0. The summed E-state index contributed by atoms with van der Waals surface area (Å²) in [6.45, 7) is 1.91. The van der Waals surface area contributed by atoms with Crippen LogP contribution in [0.3, 0.4) is 0 Å². The predicted octanol–water partition coefficient (Wildman–Crippen LogP) is 0.00270. The van der Waals surface area contributed by atoms with Crippen LogP contribution in [0.15, 0.2) is 86.0 Å². The first-order chi connectivity index (χ1) is 42.2. The van der Waals surface area contributed by atoms with E-state index in [1.165, 1.54) is 71.6 Å². The summed E-state index contributed by atoms with van der Waals surface area (Å²) in [5.41, 5.74) is 14.8. The highest BCUT2D eigenvalue weighted by Crippen LogP contribution is 2.22. The van der Waals surface area contributed by atoms with E-state index in [1.54, 1.807) is 103 Å². The molecule has 4 atom stereocenters. The molecule has 7 aromatic heterocycles. The first-order valence-electron chi connectivity index (χ1n) is 28.0. The van der Waals surface area contributed by atoms with Gasteiger partial charge in [-0.25, -0.2) is 4.98 Å². The SMILES string of the molecule is C[C@@H](CNC(=O)c1cc(NC(=O)[C@H](N)CCNC(=O)c2cc(NC(=O)[C@@H]3C[C@H](NC(=O)CCNC(=O)c4cc(NC(=O)c5nccn5C)cn4C)CN3)cn2C)cn1C)C(=O)Nc1cc(C(=O)Nc2cc(C(=O)Nc3cc(C(N)=O)n(C)c3)n(C)c2)n(C)c1. The number of nitrogens with one attached hydrogen (secondary N) is 11. The number of anilines is 6. The van der Waals surface area contributed by atoms with Crippen molar-refractivity contribution in [2.75, 3.05) is 58.1 Å². The van der Waals surface area contributed by atoms with Crippen molar-refractivity contribution in [3.8, 4) is 0 Å². The summed E-state index contributed by atoms with van der Waals surface area (Å²) in [5, 5.41) is 30.5. The number of aromatic nitrogens is 8. The molecule has 32 nitrogen and oxygen atoms in total. The number of nitrogens with zero attached hydrogens (tertiary/aromatic N) is 8. The highest BCUT2D eigenvalue weighted by Gasteiger charge is 2.31. The van der Waals surface area contributed by atoms with Crippen molar-refractivity contribution in [1.29, 1.82) is 0 Å². The quantitative estimate of drug-likeness (QED) is 0.0359. The number of nitrogens with two attached hydrogens (primary N) is 2. The average molecular weight is 1230 g/mol. The molecule has 15 N–H and O–H groups in total. The van der Waals surface area contributed by atoms with Crippen LogP contribution in [0, 0.1) is 5.92 Å². The summed E-state index contributed by atoms with van der Waals surface area (Å²) >= 11 is 0. The average Bonchev–Trinajstić information content (AvgIpc) is 2.81. The van der Waals surface area contributed by atoms with Gasteiger partial charge in [-0.3, -0.25) is 52.7 Å². The standard InChI is InChI=1S/C57H71N21O11/c1-30(49(81)66-33-20-44(77(7)25-33)56(88)70-36-21-45(78(8)28-36)55(87)69-32-16-40(47(59)80)73(3)24-32)22-64-54(86)43-17-34(26-76(43)6)67-50(82)38(58)9-11-61-52(84)41-18-35(27-74(41)4)68-51(83)39-15-31(23-63-39)65-46(79)10-12-62-53(85)42-19-37(29-75(42)5)71-57(89)48-60-13-14-72(48)2/h13-14,16-21,24-31,38-39,63H,9-12,15,22-23,58H2,1-8H3,(H2,59,80)(H,61,84)(H,62,85)(H,64,86)(H,65,79)(H,66,81)(H,67,82)(H,68,83)(H,69,87)(H,70,88)(H,71,89)/t30-,31-,38+,39-/m0/s1. The van der Waals surface area contributed by atoms with Crippen molar-refractivity contribution in [2.45, 2.75) is 44.3 Å². The van der Waals surface area contributed by atoms with E-state index in [0.717, 1.165) is 0 Å². The van der Waals surface area contributed by atoms with Gasteiger partial charge in [-0.1, -0.05) is 6.92 Å². The largest absolute Gasteiger partial charge is 0.364 e. The Morgan fingerprint density at radius 2 is 0.944 bits per heavy atom. The van der Waals surface area contributed by atoms with E-state index >= 15 is 0 Å². The number of carbonyl (C=O) groups is 11. The van der Waals surface area contributed by atoms with Crippen molar-refractivity contribution < 1.29 is 52.7 Å². The Labute approximate surface area is 508 Å². The lowest BCUT2D eigenvalue weighted by Crippen LogP contribution is -2.39. The van der Waals surface area contributed by atoms with Crippen molar-refractivity contribution in [3.05, 3.63) is 126 Å². The molecule has 0 aromatic carbocycles. The minimum Gasteiger partial charge on any atom is -0.364 e. The Kier molecular flexibility index (Phi) is 19.8. The molecule has 0 bridgehead atoms. The van der Waals surface area contributed by atoms with Crippen LogP contribution in [0.25, 0.3) is 0 Å². The fourth-order valence-corrected chi connectivity index (χ4v) is 9.78. The summed E-state index contributed by atoms with van der Waals surface area (Å²) < 4.78 is 10.6. The lowest BCUT2D eigenvalue weighted by molar-refractivity contribution is -0.122. The molecule has 0 aliphatic carbocycles. The Morgan fingerprint density at radius 1 is 0.528 bits per heavy atom. The highest BCUT2D eigenvalue weighted by atomic mass is 16.2. The number of amides is 11. The normalized spacial score (nSPS) is 14.2. The van der Waals surface area contributed by atoms with Gasteiger partial charge >= 0.3 is 0 Å². The van der Waals surface area contributed by atoms with Crippen molar-refractivity contribution in [3.63, 3.8) is 0 Å². The molecule has 89 heavy (non-hydrogen) atoms. The van der Waals surface area contributed by atoms with Crippen LogP contribution in [0.4, 0.5) is 34.1 Å². The van der Waals surface area contributed by atoms with Gasteiger partial charge in [0.15, 0.2) is 5.82 Å². The molecule has 1 fully saturated rings. The van der Waals surface area contributed by atoms with E-state index in [-0.39, 0.29) is 102 Å². The number of carbonyl (C=O) groups excluding carboxylic acids is 11. The Bertz CT molecular complexity index is 3900. The van der Waals surface area contributed by atoms with E-state index in [1.807, 2.05) is 0 Å². The second-order valence-electron chi connectivity index (χ2n) is 21.6. The molecular formula is C57H71N21O11. The molecule has 0 saturated carbocycles. The summed E-state index contributed by atoms with van der Waals surface area (Å²) in [6.07, 6.45) is 12.8. The zero-order valence-electron chi connectivity index (χ0n) is 50.1. The van der Waals surface area contributed by atoms with Crippen LogP contribution in [-0.4, -0.2) is 146 Å². The van der Waals surface area contributed by atoms with Crippen LogP contribution in [0.2, 0.25) is 0 Å². The molecule has 11 amide bonds. The van der Waals surface area contributed by atoms with Gasteiger partial charge in [0.1, 0.15) is 34.2 Å². The molecule has 32 heteroatoms. The number of rotatable bonds is 25. The molecule has 0 radical (unpaired) electrons. The molecule has 1 aliphatic heterocycles. The van der Waals surface area contributed by atoms with Gasteiger partial charge < -0.3 is 102 Å². The van der Waals surface area contributed by atoms with E-state index in [0.29, 0.717) is 35.0 Å². The molecule has 0 unspecified atom stereocenters. The van der Waals surface area contributed by atoms with Gasteiger partial charge in [-0.2, -0.15) is 0 Å².